The molecule has 4 rings (SSSR count). The van der Waals surface area contributed by atoms with Crippen LogP contribution in [-0.2, 0) is 23.1 Å². The average Bonchev–Trinajstić information content (AvgIpc) is 3.39. The number of nitrogens with zero attached hydrogens (tertiary/aromatic N) is 3. The zero-order valence-electron chi connectivity index (χ0n) is 18.0. The van der Waals surface area contributed by atoms with Gasteiger partial charge in [0.05, 0.1) is 0 Å². The third-order valence-corrected chi connectivity index (χ3v) is 5.25. The van der Waals surface area contributed by atoms with Crippen molar-refractivity contribution in [1.29, 1.82) is 0 Å². The van der Waals surface area contributed by atoms with Crippen molar-refractivity contribution < 1.29 is 14.1 Å². The number of anilines is 2. The molecule has 160 valence electrons. The molecule has 0 unspecified atom stereocenters. The number of benzene rings is 2. The topological polar surface area (TPSA) is 88.3 Å². The highest BCUT2D eigenvalue weighted by Crippen LogP contribution is 2.29. The molecule has 7 nitrogen and oxygen atoms in total. The molecule has 0 atom stereocenters. The van der Waals surface area contributed by atoms with E-state index in [4.69, 9.17) is 4.52 Å². The van der Waals surface area contributed by atoms with Crippen LogP contribution in [0.5, 0.6) is 0 Å². The van der Waals surface area contributed by atoms with Crippen molar-refractivity contribution in [3.63, 3.8) is 0 Å². The number of hydrogen-bond acceptors (Lipinski definition) is 5. The van der Waals surface area contributed by atoms with Gasteiger partial charge in [-0.15, -0.1) is 0 Å². The second-order valence-corrected chi connectivity index (χ2v) is 8.72. The van der Waals surface area contributed by atoms with Crippen molar-refractivity contribution in [2.24, 2.45) is 0 Å². The molecule has 2 heterocycles. The number of aromatic nitrogens is 2. The molecule has 1 aromatic heterocycles. The number of carbonyl (C=O) groups is 2. The molecule has 1 aliphatic heterocycles. The van der Waals surface area contributed by atoms with Gasteiger partial charge in [-0.2, -0.15) is 4.98 Å². The van der Waals surface area contributed by atoms with Gasteiger partial charge in [0.1, 0.15) is 0 Å². The zero-order valence-corrected chi connectivity index (χ0v) is 18.0. The Labute approximate surface area is 181 Å². The molecule has 0 saturated heterocycles. The first kappa shape index (κ1) is 20.8. The number of aryl methyl sites for hydroxylation is 1. The summed E-state index contributed by atoms with van der Waals surface area (Å²) in [5.41, 5.74) is 3.20. The summed E-state index contributed by atoms with van der Waals surface area (Å²) in [6.45, 7) is 6.70. The van der Waals surface area contributed by atoms with E-state index in [-0.39, 0.29) is 23.7 Å². The van der Waals surface area contributed by atoms with Gasteiger partial charge in [-0.3, -0.25) is 9.59 Å². The summed E-state index contributed by atoms with van der Waals surface area (Å²) in [4.78, 5) is 31.3. The minimum Gasteiger partial charge on any atom is -0.339 e. The Morgan fingerprint density at radius 2 is 1.84 bits per heavy atom. The number of nitrogens with one attached hydrogen (secondary N) is 1. The second-order valence-electron chi connectivity index (χ2n) is 8.72. The van der Waals surface area contributed by atoms with Crippen LogP contribution in [0.4, 0.5) is 11.4 Å². The summed E-state index contributed by atoms with van der Waals surface area (Å²) in [6.07, 6.45) is 1.48. The van der Waals surface area contributed by atoms with E-state index in [2.05, 4.69) is 21.5 Å². The maximum Gasteiger partial charge on any atom is 0.258 e. The number of rotatable bonds is 5. The molecule has 0 fully saturated rings. The fourth-order valence-electron chi connectivity index (χ4n) is 3.51. The van der Waals surface area contributed by atoms with Gasteiger partial charge in [0, 0.05) is 41.7 Å². The van der Waals surface area contributed by atoms with Crippen LogP contribution in [-0.4, -0.2) is 28.5 Å². The van der Waals surface area contributed by atoms with E-state index >= 15 is 0 Å². The van der Waals surface area contributed by atoms with Crippen LogP contribution in [0.15, 0.2) is 53.1 Å². The molecule has 0 spiro atoms. The Kier molecular flexibility index (Phi) is 5.59. The Morgan fingerprint density at radius 3 is 2.55 bits per heavy atom. The van der Waals surface area contributed by atoms with E-state index in [0.717, 1.165) is 12.1 Å². The molecule has 2 amide bonds. The Bertz CT molecular complexity index is 1100. The van der Waals surface area contributed by atoms with Crippen LogP contribution >= 0.6 is 0 Å². The maximum atomic E-state index is 12.9. The predicted octanol–water partition coefficient (Wildman–Crippen LogP) is 4.14. The first-order valence-corrected chi connectivity index (χ1v) is 10.4. The van der Waals surface area contributed by atoms with Gasteiger partial charge in [-0.1, -0.05) is 44.1 Å². The summed E-state index contributed by atoms with van der Waals surface area (Å²) >= 11 is 0. The number of fused-ring (bicyclic) bond motifs is 1. The minimum absolute atomic E-state index is 0.0335. The number of hydrogen-bond donors (Lipinski definition) is 1. The lowest BCUT2D eigenvalue weighted by Crippen LogP contribution is -2.28. The minimum atomic E-state index is -0.194. The van der Waals surface area contributed by atoms with Crippen molar-refractivity contribution in [1.82, 2.24) is 10.1 Å². The molecule has 0 bridgehead atoms. The molecule has 0 saturated carbocycles. The van der Waals surface area contributed by atoms with Gasteiger partial charge >= 0.3 is 0 Å². The Hall–Kier alpha value is -3.48. The quantitative estimate of drug-likeness (QED) is 0.673. The fourth-order valence-corrected chi connectivity index (χ4v) is 3.51. The molecule has 7 heteroatoms. The van der Waals surface area contributed by atoms with E-state index in [1.165, 1.54) is 5.56 Å². The highest BCUT2D eigenvalue weighted by atomic mass is 16.5. The summed E-state index contributed by atoms with van der Waals surface area (Å²) < 4.78 is 5.22. The maximum absolute atomic E-state index is 12.9. The second kappa shape index (κ2) is 8.34. The van der Waals surface area contributed by atoms with Gasteiger partial charge in [0.25, 0.3) is 5.91 Å². The summed E-state index contributed by atoms with van der Waals surface area (Å²) in [5, 5.41) is 6.82. The van der Waals surface area contributed by atoms with Crippen molar-refractivity contribution in [2.45, 2.75) is 45.4 Å². The van der Waals surface area contributed by atoms with Crippen LogP contribution in [0.1, 0.15) is 54.8 Å². The SMILES string of the molecule is CC(C)(C)c1noc(CCC(=O)Nc2ccc(C(=O)N3CCc4ccccc43)cc2)n1. The van der Waals surface area contributed by atoms with E-state index in [1.807, 2.05) is 39.0 Å². The zero-order chi connectivity index (χ0) is 22.0. The van der Waals surface area contributed by atoms with E-state index < -0.39 is 0 Å². The van der Waals surface area contributed by atoms with E-state index in [0.29, 0.717) is 35.9 Å². The lowest BCUT2D eigenvalue weighted by molar-refractivity contribution is -0.116. The van der Waals surface area contributed by atoms with Crippen molar-refractivity contribution in [2.75, 3.05) is 16.8 Å². The lowest BCUT2D eigenvalue weighted by atomic mass is 9.96. The third-order valence-electron chi connectivity index (χ3n) is 5.25. The van der Waals surface area contributed by atoms with Crippen molar-refractivity contribution >= 4 is 23.2 Å². The molecular weight excluding hydrogens is 392 g/mol. The van der Waals surface area contributed by atoms with Crippen LogP contribution in [0, 0.1) is 0 Å². The summed E-state index contributed by atoms with van der Waals surface area (Å²) in [7, 11) is 0. The van der Waals surface area contributed by atoms with Gasteiger partial charge in [0.15, 0.2) is 5.82 Å². The number of para-hydroxylation sites is 1. The number of amides is 2. The third kappa shape index (κ3) is 4.66. The van der Waals surface area contributed by atoms with Crippen LogP contribution in [0.3, 0.4) is 0 Å². The molecule has 1 aliphatic rings. The molecule has 31 heavy (non-hydrogen) atoms. The van der Waals surface area contributed by atoms with Crippen molar-refractivity contribution in [3.05, 3.63) is 71.4 Å². The van der Waals surface area contributed by atoms with Gasteiger partial charge in [-0.25, -0.2) is 0 Å². The lowest BCUT2D eigenvalue weighted by Gasteiger charge is -2.17. The first-order valence-electron chi connectivity index (χ1n) is 10.4. The van der Waals surface area contributed by atoms with Crippen LogP contribution in [0.25, 0.3) is 0 Å². The predicted molar refractivity (Wildman–Crippen MR) is 118 cm³/mol. The van der Waals surface area contributed by atoms with E-state index in [9.17, 15) is 9.59 Å². The summed E-state index contributed by atoms with van der Waals surface area (Å²) in [5.74, 6) is 0.896. The molecule has 0 radical (unpaired) electrons. The largest absolute Gasteiger partial charge is 0.339 e. The Balaban J connectivity index is 1.33. The highest BCUT2D eigenvalue weighted by Gasteiger charge is 2.25. The van der Waals surface area contributed by atoms with Gasteiger partial charge in [-0.05, 0) is 42.3 Å². The molecule has 0 aliphatic carbocycles. The molecule has 2 aromatic carbocycles. The number of carbonyl (C=O) groups excluding carboxylic acids is 2. The van der Waals surface area contributed by atoms with Gasteiger partial charge < -0.3 is 14.7 Å². The van der Waals surface area contributed by atoms with Crippen LogP contribution < -0.4 is 10.2 Å². The summed E-state index contributed by atoms with van der Waals surface area (Å²) in [6, 6.07) is 14.9. The standard InChI is InChI=1S/C24H26N4O3/c1-24(2,3)23-26-21(31-27-23)13-12-20(29)25-18-10-8-17(9-11-18)22(30)28-15-14-16-6-4-5-7-19(16)28/h4-11H,12-15H2,1-3H3,(H,25,29). The molecule has 1 N–H and O–H groups in total. The normalized spacial score (nSPS) is 13.2. The smallest absolute Gasteiger partial charge is 0.258 e. The molecule has 3 aromatic rings. The van der Waals surface area contributed by atoms with E-state index in [1.54, 1.807) is 29.2 Å². The fraction of sp³-hybridized carbons (Fsp3) is 0.333. The molecular formula is C24H26N4O3. The highest BCUT2D eigenvalue weighted by molar-refractivity contribution is 6.07. The first-order chi connectivity index (χ1) is 14.8. The van der Waals surface area contributed by atoms with Crippen LogP contribution in [0.2, 0.25) is 0 Å². The Morgan fingerprint density at radius 1 is 1.10 bits per heavy atom. The van der Waals surface area contributed by atoms with Gasteiger partial charge in [0.2, 0.25) is 11.8 Å². The monoisotopic (exact) mass is 418 g/mol. The average molecular weight is 418 g/mol. The van der Waals surface area contributed by atoms with Crippen molar-refractivity contribution in [3.8, 4) is 0 Å².